The Labute approximate surface area is 204 Å². The van der Waals surface area contributed by atoms with Crippen molar-refractivity contribution in [1.29, 1.82) is 0 Å². The van der Waals surface area contributed by atoms with Gasteiger partial charge in [-0.2, -0.15) is 5.10 Å². The van der Waals surface area contributed by atoms with Crippen molar-refractivity contribution in [2.24, 2.45) is 0 Å². The molecule has 1 saturated carbocycles. The Kier molecular flexibility index (Phi) is 6.36. The molecular weight excluding hydrogens is 470 g/mol. The van der Waals surface area contributed by atoms with Crippen LogP contribution < -0.4 is 10.1 Å². The van der Waals surface area contributed by atoms with Gasteiger partial charge in [0, 0.05) is 17.8 Å². The molecule has 35 heavy (non-hydrogen) atoms. The number of hydrogen-bond donors (Lipinski definition) is 1. The molecule has 180 valence electrons. The molecule has 0 aromatic carbocycles. The van der Waals surface area contributed by atoms with Gasteiger partial charge in [0.15, 0.2) is 11.5 Å². The maximum atomic E-state index is 12.9. The van der Waals surface area contributed by atoms with Crippen LogP contribution in [-0.2, 0) is 0 Å². The first-order valence-electron chi connectivity index (χ1n) is 11.4. The Hall–Kier alpha value is -3.93. The van der Waals surface area contributed by atoms with Crippen molar-refractivity contribution in [2.45, 2.75) is 45.1 Å². The largest absolute Gasteiger partial charge is 0.492 e. The predicted molar refractivity (Wildman–Crippen MR) is 131 cm³/mol. The molecule has 0 atom stereocenters. The van der Waals surface area contributed by atoms with Gasteiger partial charge in [0.2, 0.25) is 0 Å². The first-order chi connectivity index (χ1) is 17.0. The molecule has 1 aliphatic carbocycles. The molecule has 0 spiro atoms. The van der Waals surface area contributed by atoms with Gasteiger partial charge in [0.05, 0.1) is 40.2 Å². The molecule has 4 aromatic rings. The van der Waals surface area contributed by atoms with E-state index < -0.39 is 10.8 Å². The van der Waals surface area contributed by atoms with Gasteiger partial charge in [-0.3, -0.25) is 19.9 Å². The number of nitro groups is 1. The van der Waals surface area contributed by atoms with E-state index in [1.165, 1.54) is 18.6 Å². The average molecular weight is 494 g/mol. The first-order valence-corrected chi connectivity index (χ1v) is 12.2. The summed E-state index contributed by atoms with van der Waals surface area (Å²) >= 11 is 0.808. The highest BCUT2D eigenvalue weighted by Crippen LogP contribution is 2.33. The fourth-order valence-corrected chi connectivity index (χ4v) is 4.96. The molecular formula is C23H23N7O4S. The minimum absolute atomic E-state index is 0.104. The number of anilines is 1. The van der Waals surface area contributed by atoms with Gasteiger partial charge in [-0.05, 0) is 31.9 Å². The van der Waals surface area contributed by atoms with Crippen LogP contribution in [0.1, 0.15) is 54.7 Å². The fourth-order valence-electron chi connectivity index (χ4n) is 4.25. The Morgan fingerprint density at radius 1 is 1.23 bits per heavy atom. The van der Waals surface area contributed by atoms with Gasteiger partial charge >= 0.3 is 5.00 Å². The molecule has 5 rings (SSSR count). The van der Waals surface area contributed by atoms with E-state index in [2.05, 4.69) is 20.4 Å². The number of nitrogens with one attached hydrogen (secondary N) is 1. The van der Waals surface area contributed by atoms with Crippen molar-refractivity contribution in [1.82, 2.24) is 24.7 Å². The molecule has 0 unspecified atom stereocenters. The number of carbonyl (C=O) groups is 1. The molecule has 1 fully saturated rings. The normalized spacial score (nSPS) is 14.2. The van der Waals surface area contributed by atoms with E-state index in [0.29, 0.717) is 34.8 Å². The molecule has 0 aliphatic heterocycles. The van der Waals surface area contributed by atoms with E-state index in [-0.39, 0.29) is 21.7 Å². The van der Waals surface area contributed by atoms with Crippen LogP contribution in [0.15, 0.2) is 36.8 Å². The van der Waals surface area contributed by atoms with Crippen LogP contribution in [0.25, 0.3) is 22.4 Å². The fraction of sp³-hybridized carbons (Fsp3) is 0.348. The second-order valence-corrected chi connectivity index (χ2v) is 9.27. The number of hydrogen-bond acceptors (Lipinski definition) is 9. The van der Waals surface area contributed by atoms with Crippen LogP contribution in [0.3, 0.4) is 0 Å². The minimum atomic E-state index is -0.519. The van der Waals surface area contributed by atoms with E-state index in [9.17, 15) is 14.9 Å². The number of carbonyl (C=O) groups excluding carboxylic acids is 1. The summed E-state index contributed by atoms with van der Waals surface area (Å²) < 4.78 is 7.50. The second kappa shape index (κ2) is 9.74. The van der Waals surface area contributed by atoms with E-state index >= 15 is 0 Å². The summed E-state index contributed by atoms with van der Waals surface area (Å²) in [4.78, 5) is 37.3. The lowest BCUT2D eigenvalue weighted by atomic mass is 9.96. The lowest BCUT2D eigenvalue weighted by molar-refractivity contribution is -0.380. The smallest absolute Gasteiger partial charge is 0.324 e. The Morgan fingerprint density at radius 2 is 2.06 bits per heavy atom. The zero-order chi connectivity index (χ0) is 24.4. The molecule has 1 aliphatic rings. The second-order valence-electron chi connectivity index (χ2n) is 8.21. The van der Waals surface area contributed by atoms with Gasteiger partial charge < -0.3 is 10.1 Å². The van der Waals surface area contributed by atoms with E-state index in [1.807, 2.05) is 11.6 Å². The third-order valence-corrected chi connectivity index (χ3v) is 6.92. The van der Waals surface area contributed by atoms with Crippen LogP contribution >= 0.6 is 11.3 Å². The minimum Gasteiger partial charge on any atom is -0.492 e. The third-order valence-electron chi connectivity index (χ3n) is 5.88. The van der Waals surface area contributed by atoms with Gasteiger partial charge in [-0.15, -0.1) is 0 Å². The van der Waals surface area contributed by atoms with Crippen molar-refractivity contribution in [3.05, 3.63) is 51.8 Å². The maximum Gasteiger partial charge on any atom is 0.324 e. The standard InChI is InChI=1S/C23H23N7O4S/c1-2-34-16-10-14(11-24-12-16)20-26-21(28-23(31)18-8-9-19(35-18)30(32)33)17-13-25-29(22(17)27-20)15-6-4-3-5-7-15/h8-13,15H,2-7H2,1H3,(H,26,27,28,31). The molecule has 0 radical (unpaired) electrons. The Morgan fingerprint density at radius 3 is 2.80 bits per heavy atom. The van der Waals surface area contributed by atoms with Gasteiger partial charge in [-0.25, -0.2) is 14.6 Å². The van der Waals surface area contributed by atoms with Gasteiger partial charge in [-0.1, -0.05) is 30.6 Å². The van der Waals surface area contributed by atoms with Gasteiger partial charge in [0.25, 0.3) is 5.91 Å². The van der Waals surface area contributed by atoms with Crippen molar-refractivity contribution in [3.8, 4) is 17.1 Å². The zero-order valence-corrected chi connectivity index (χ0v) is 19.8. The molecule has 1 amide bonds. The number of pyridine rings is 1. The molecule has 4 heterocycles. The van der Waals surface area contributed by atoms with E-state index in [4.69, 9.17) is 9.72 Å². The van der Waals surface area contributed by atoms with Crippen LogP contribution in [0.2, 0.25) is 0 Å². The topological polar surface area (TPSA) is 138 Å². The molecule has 11 nitrogen and oxygen atoms in total. The zero-order valence-electron chi connectivity index (χ0n) is 19.0. The van der Waals surface area contributed by atoms with Crippen LogP contribution in [0, 0.1) is 10.1 Å². The summed E-state index contributed by atoms with van der Waals surface area (Å²) in [6, 6.07) is 4.76. The van der Waals surface area contributed by atoms with Crippen molar-refractivity contribution in [2.75, 3.05) is 11.9 Å². The number of amides is 1. The molecule has 0 bridgehead atoms. The summed E-state index contributed by atoms with van der Waals surface area (Å²) in [5.41, 5.74) is 1.26. The Balaban J connectivity index is 1.58. The highest BCUT2D eigenvalue weighted by molar-refractivity contribution is 7.17. The van der Waals surface area contributed by atoms with E-state index in [0.717, 1.165) is 37.0 Å². The van der Waals surface area contributed by atoms with Crippen LogP contribution in [0.4, 0.5) is 10.8 Å². The first kappa shape index (κ1) is 22.8. The number of fused-ring (bicyclic) bond motifs is 1. The van der Waals surface area contributed by atoms with Crippen molar-refractivity contribution < 1.29 is 14.5 Å². The predicted octanol–water partition coefficient (Wildman–Crippen LogP) is 5.01. The lowest BCUT2D eigenvalue weighted by Gasteiger charge is -2.22. The number of ether oxygens (including phenoxy) is 1. The highest BCUT2D eigenvalue weighted by Gasteiger charge is 2.23. The van der Waals surface area contributed by atoms with Crippen molar-refractivity contribution in [3.63, 3.8) is 0 Å². The number of thiophene rings is 1. The SMILES string of the molecule is CCOc1cncc(-c2nc(NC(=O)c3ccc([N+](=O)[O-])s3)c3cnn(C4CCCCC4)c3n2)c1. The monoisotopic (exact) mass is 493 g/mol. The van der Waals surface area contributed by atoms with Crippen LogP contribution in [0.5, 0.6) is 5.75 Å². The lowest BCUT2D eigenvalue weighted by Crippen LogP contribution is -2.16. The summed E-state index contributed by atoms with van der Waals surface area (Å²) in [7, 11) is 0. The summed E-state index contributed by atoms with van der Waals surface area (Å²) in [5.74, 6) is 0.762. The summed E-state index contributed by atoms with van der Waals surface area (Å²) in [6.45, 7) is 2.38. The van der Waals surface area contributed by atoms with Crippen molar-refractivity contribution >= 4 is 39.1 Å². The number of aromatic nitrogens is 5. The third kappa shape index (κ3) is 4.69. The van der Waals surface area contributed by atoms with E-state index in [1.54, 1.807) is 24.7 Å². The maximum absolute atomic E-state index is 12.9. The Bertz CT molecular complexity index is 1390. The average Bonchev–Trinajstić information content (AvgIpc) is 3.53. The quantitative estimate of drug-likeness (QED) is 0.280. The van der Waals surface area contributed by atoms with Crippen LogP contribution in [-0.4, -0.2) is 42.2 Å². The highest BCUT2D eigenvalue weighted by atomic mass is 32.1. The molecule has 12 heteroatoms. The number of rotatable bonds is 7. The number of nitrogens with zero attached hydrogens (tertiary/aromatic N) is 6. The summed E-state index contributed by atoms with van der Waals surface area (Å²) in [6.07, 6.45) is 10.4. The molecule has 1 N–H and O–H groups in total. The van der Waals surface area contributed by atoms with Gasteiger partial charge in [0.1, 0.15) is 11.6 Å². The summed E-state index contributed by atoms with van der Waals surface area (Å²) in [5, 5.41) is 19.0. The molecule has 0 saturated heterocycles. The molecule has 4 aromatic heterocycles.